The first-order valence-electron chi connectivity index (χ1n) is 9.44. The van der Waals surface area contributed by atoms with Gasteiger partial charge in [0.25, 0.3) is 0 Å². The molecule has 0 bridgehead atoms. The molecule has 3 heteroatoms. The third-order valence-corrected chi connectivity index (χ3v) is 6.80. The Bertz CT molecular complexity index is 359. The number of aliphatic hydroxyl groups excluding tert-OH is 2. The van der Waals surface area contributed by atoms with Crippen molar-refractivity contribution in [2.45, 2.75) is 99.4 Å². The topological polar surface area (TPSA) is 40.5 Å². The quantitative estimate of drug-likeness (QED) is 0.582. The zero-order valence-corrected chi connectivity index (χ0v) is 17.6. The summed E-state index contributed by atoms with van der Waals surface area (Å²) in [4.78, 5) is 0. The van der Waals surface area contributed by atoms with E-state index in [1.54, 1.807) is 0 Å². The fraction of sp³-hybridized carbons (Fsp3) is 1.00. The lowest BCUT2D eigenvalue weighted by atomic mass is 9.45. The van der Waals surface area contributed by atoms with E-state index in [-0.39, 0.29) is 22.8 Å². The van der Waals surface area contributed by atoms with E-state index >= 15 is 0 Å². The lowest BCUT2D eigenvalue weighted by Crippen LogP contribution is -2.50. The summed E-state index contributed by atoms with van der Waals surface area (Å²) in [5, 5.41) is 20.6. The van der Waals surface area contributed by atoms with Crippen LogP contribution in [0.4, 0.5) is 0 Å². The second-order valence-corrected chi connectivity index (χ2v) is 10.4. The second-order valence-electron chi connectivity index (χ2n) is 10.4. The van der Waals surface area contributed by atoms with Crippen LogP contribution in [-0.2, 0) is 0 Å². The Morgan fingerprint density at radius 3 is 1.83 bits per heavy atom. The van der Waals surface area contributed by atoms with Crippen molar-refractivity contribution in [1.29, 1.82) is 0 Å². The van der Waals surface area contributed by atoms with Crippen molar-refractivity contribution in [2.75, 3.05) is 6.61 Å². The Morgan fingerprint density at radius 2 is 1.43 bits per heavy atom. The standard InChI is InChI=1S/C20H43BO2/c1-10-11-12-15(2)17(3,4)13-20(9,21)19(7,8)16(23)18(5,6)14-22/h15-16,22-23H,10-14,21H2,1-9H3. The summed E-state index contributed by atoms with van der Waals surface area (Å²) < 4.78 is 0. The maximum absolute atomic E-state index is 11.0. The molecule has 0 aliphatic heterocycles. The van der Waals surface area contributed by atoms with Crippen LogP contribution in [-0.4, -0.2) is 30.8 Å². The minimum Gasteiger partial charge on any atom is -0.396 e. The van der Waals surface area contributed by atoms with Gasteiger partial charge in [-0.1, -0.05) is 86.9 Å². The van der Waals surface area contributed by atoms with Crippen molar-refractivity contribution in [1.82, 2.24) is 0 Å². The molecule has 0 aliphatic carbocycles. The van der Waals surface area contributed by atoms with Crippen LogP contribution in [0.15, 0.2) is 0 Å². The van der Waals surface area contributed by atoms with E-state index in [1.165, 1.54) is 19.3 Å². The highest BCUT2D eigenvalue weighted by molar-refractivity contribution is 6.15. The zero-order chi connectivity index (χ0) is 18.7. The number of aliphatic hydroxyl groups is 2. The average molecular weight is 326 g/mol. The van der Waals surface area contributed by atoms with Gasteiger partial charge in [0, 0.05) is 5.41 Å². The van der Waals surface area contributed by atoms with Gasteiger partial charge in [0.2, 0.25) is 0 Å². The van der Waals surface area contributed by atoms with Crippen LogP contribution in [0.3, 0.4) is 0 Å². The van der Waals surface area contributed by atoms with Crippen LogP contribution in [0.2, 0.25) is 5.31 Å². The molecule has 138 valence electrons. The summed E-state index contributed by atoms with van der Waals surface area (Å²) in [5.41, 5.74) is -0.529. The Hall–Kier alpha value is -0.0151. The molecule has 3 unspecified atom stereocenters. The van der Waals surface area contributed by atoms with Gasteiger partial charge in [-0.05, 0) is 23.2 Å². The van der Waals surface area contributed by atoms with Gasteiger partial charge >= 0.3 is 0 Å². The molecule has 0 saturated carbocycles. The SMILES string of the molecule is BC(C)(CC(C)(C)C(C)CCCC)C(C)(C)C(O)C(C)(C)CO. The molecule has 0 saturated heterocycles. The fourth-order valence-electron chi connectivity index (χ4n) is 3.88. The third-order valence-electron chi connectivity index (χ3n) is 6.80. The first-order chi connectivity index (χ1) is 10.2. The van der Waals surface area contributed by atoms with E-state index in [0.717, 1.165) is 6.42 Å². The Labute approximate surface area is 146 Å². The molecule has 0 spiro atoms. The molecule has 0 amide bonds. The van der Waals surface area contributed by atoms with Gasteiger partial charge in [-0.2, -0.15) is 0 Å². The Kier molecular flexibility index (Phi) is 7.90. The Balaban J connectivity index is 5.30. The highest BCUT2D eigenvalue weighted by Gasteiger charge is 2.49. The maximum atomic E-state index is 11.0. The normalized spacial score (nSPS) is 19.3. The summed E-state index contributed by atoms with van der Waals surface area (Å²) in [5.74, 6) is 0.667. The molecule has 2 nitrogen and oxygen atoms in total. The first-order valence-corrected chi connectivity index (χ1v) is 9.44. The smallest absolute Gasteiger partial charge is 0.109 e. The van der Waals surface area contributed by atoms with Gasteiger partial charge < -0.3 is 10.2 Å². The van der Waals surface area contributed by atoms with Crippen molar-refractivity contribution in [3.05, 3.63) is 0 Å². The van der Waals surface area contributed by atoms with Crippen molar-refractivity contribution in [2.24, 2.45) is 22.2 Å². The second kappa shape index (κ2) is 7.91. The fourth-order valence-corrected chi connectivity index (χ4v) is 3.88. The molecule has 23 heavy (non-hydrogen) atoms. The lowest BCUT2D eigenvalue weighted by molar-refractivity contribution is -0.0878. The molecule has 3 atom stereocenters. The molecule has 0 radical (unpaired) electrons. The predicted molar refractivity (Wildman–Crippen MR) is 105 cm³/mol. The molecule has 0 aromatic heterocycles. The van der Waals surface area contributed by atoms with Gasteiger partial charge in [0.05, 0.1) is 12.7 Å². The van der Waals surface area contributed by atoms with Gasteiger partial charge in [-0.25, -0.2) is 0 Å². The molecule has 0 aromatic carbocycles. The van der Waals surface area contributed by atoms with Crippen LogP contribution in [0.25, 0.3) is 0 Å². The molecule has 0 rings (SSSR count). The van der Waals surface area contributed by atoms with Gasteiger partial charge in [-0.3, -0.25) is 0 Å². The van der Waals surface area contributed by atoms with Crippen LogP contribution in [0.1, 0.15) is 88.0 Å². The summed E-state index contributed by atoms with van der Waals surface area (Å²) in [6.45, 7) is 19.8. The summed E-state index contributed by atoms with van der Waals surface area (Å²) in [6.07, 6.45) is 4.32. The Morgan fingerprint density at radius 1 is 0.957 bits per heavy atom. The highest BCUT2D eigenvalue weighted by atomic mass is 16.3. The number of unbranched alkanes of at least 4 members (excludes halogenated alkanes) is 1. The largest absolute Gasteiger partial charge is 0.396 e. The zero-order valence-electron chi connectivity index (χ0n) is 17.6. The molecule has 0 aromatic rings. The van der Waals surface area contributed by atoms with Crippen LogP contribution in [0.5, 0.6) is 0 Å². The summed E-state index contributed by atoms with van der Waals surface area (Å²) >= 11 is 0. The average Bonchev–Trinajstić information content (AvgIpc) is 2.42. The van der Waals surface area contributed by atoms with Gasteiger partial charge in [0.1, 0.15) is 7.85 Å². The highest BCUT2D eigenvalue weighted by Crippen LogP contribution is 2.56. The molecule has 2 N–H and O–H groups in total. The van der Waals surface area contributed by atoms with E-state index in [0.29, 0.717) is 5.92 Å². The summed E-state index contributed by atoms with van der Waals surface area (Å²) in [7, 11) is 2.28. The van der Waals surface area contributed by atoms with Gasteiger partial charge in [0.15, 0.2) is 0 Å². The first kappa shape index (κ1) is 23.0. The minimum atomic E-state index is -0.545. The predicted octanol–water partition coefficient (Wildman–Crippen LogP) is 4.45. The maximum Gasteiger partial charge on any atom is 0.109 e. The van der Waals surface area contributed by atoms with Crippen molar-refractivity contribution < 1.29 is 10.2 Å². The molecular formula is C20H43BO2. The van der Waals surface area contributed by atoms with Crippen molar-refractivity contribution in [3.8, 4) is 0 Å². The van der Waals surface area contributed by atoms with Crippen molar-refractivity contribution in [3.63, 3.8) is 0 Å². The minimum absolute atomic E-state index is 0.00394. The number of hydrogen-bond acceptors (Lipinski definition) is 2. The number of rotatable bonds is 10. The lowest BCUT2D eigenvalue weighted by Gasteiger charge is -2.53. The van der Waals surface area contributed by atoms with E-state index < -0.39 is 11.5 Å². The van der Waals surface area contributed by atoms with E-state index in [1.807, 2.05) is 13.8 Å². The molecule has 0 fully saturated rings. The molecule has 0 heterocycles. The van der Waals surface area contributed by atoms with E-state index in [4.69, 9.17) is 0 Å². The summed E-state index contributed by atoms with van der Waals surface area (Å²) in [6, 6.07) is 0. The number of hydrogen-bond donors (Lipinski definition) is 2. The molecular weight excluding hydrogens is 283 g/mol. The van der Waals surface area contributed by atoms with Crippen LogP contribution >= 0.6 is 0 Å². The monoisotopic (exact) mass is 326 g/mol. The molecule has 0 aliphatic rings. The van der Waals surface area contributed by atoms with E-state index in [2.05, 4.69) is 56.3 Å². The van der Waals surface area contributed by atoms with Crippen molar-refractivity contribution >= 4 is 7.85 Å². The van der Waals surface area contributed by atoms with Crippen LogP contribution in [0, 0.1) is 22.2 Å². The van der Waals surface area contributed by atoms with Crippen LogP contribution < -0.4 is 0 Å². The third kappa shape index (κ3) is 5.49. The van der Waals surface area contributed by atoms with E-state index in [9.17, 15) is 10.2 Å². The van der Waals surface area contributed by atoms with Gasteiger partial charge in [-0.15, -0.1) is 0 Å².